The molecule has 0 aromatic heterocycles. The molecule has 3 heterocycles. The number of carbonyl (C=O) groups is 3. The molecule has 6 nitrogen and oxygen atoms in total. The monoisotopic (exact) mass is 369 g/mol. The summed E-state index contributed by atoms with van der Waals surface area (Å²) in [6, 6.07) is 8.60. The van der Waals surface area contributed by atoms with Crippen molar-refractivity contribution in [2.24, 2.45) is 0 Å². The smallest absolute Gasteiger partial charge is 0.329 e. The van der Waals surface area contributed by atoms with Crippen molar-refractivity contribution in [3.63, 3.8) is 0 Å². The van der Waals surface area contributed by atoms with Gasteiger partial charge in [-0.25, -0.2) is 4.79 Å². The molecule has 0 N–H and O–H groups in total. The molecule has 1 amide bonds. The number of ether oxygens (including phenoxy) is 2. The fourth-order valence-corrected chi connectivity index (χ4v) is 4.43. The first-order valence-corrected chi connectivity index (χ1v) is 9.43. The summed E-state index contributed by atoms with van der Waals surface area (Å²) in [5, 5.41) is 0. The highest BCUT2D eigenvalue weighted by Gasteiger charge is 2.57. The van der Waals surface area contributed by atoms with Crippen LogP contribution in [0.3, 0.4) is 0 Å². The number of benzene rings is 1. The van der Waals surface area contributed by atoms with E-state index in [1.165, 1.54) is 0 Å². The van der Waals surface area contributed by atoms with E-state index in [2.05, 4.69) is 6.58 Å². The third kappa shape index (κ3) is 3.13. The van der Waals surface area contributed by atoms with Gasteiger partial charge in [0.15, 0.2) is 5.60 Å². The Balaban J connectivity index is 1.54. The van der Waals surface area contributed by atoms with Gasteiger partial charge in [0.25, 0.3) is 5.91 Å². The fraction of sp³-hybridized carbons (Fsp3) is 0.476. The molecular weight excluding hydrogens is 346 g/mol. The van der Waals surface area contributed by atoms with Gasteiger partial charge in [-0.1, -0.05) is 42.5 Å². The van der Waals surface area contributed by atoms with E-state index in [4.69, 9.17) is 9.47 Å². The number of rotatable bonds is 3. The van der Waals surface area contributed by atoms with Gasteiger partial charge in [-0.15, -0.1) is 0 Å². The SMILES string of the molecule is C=C1C[C@@]2(CCC(=O)O2)C(=O)N2C1CCC[C@H]2C(=O)OCc1ccccc1. The average molecular weight is 369 g/mol. The lowest BCUT2D eigenvalue weighted by molar-refractivity contribution is -0.178. The Labute approximate surface area is 158 Å². The molecule has 1 unspecified atom stereocenters. The van der Waals surface area contributed by atoms with E-state index in [9.17, 15) is 14.4 Å². The summed E-state index contributed by atoms with van der Waals surface area (Å²) >= 11 is 0. The van der Waals surface area contributed by atoms with Crippen LogP contribution in [0.5, 0.6) is 0 Å². The van der Waals surface area contributed by atoms with Crippen molar-refractivity contribution < 1.29 is 23.9 Å². The number of hydrogen-bond donors (Lipinski definition) is 0. The zero-order valence-electron chi connectivity index (χ0n) is 15.2. The fourth-order valence-electron chi connectivity index (χ4n) is 4.43. The van der Waals surface area contributed by atoms with Crippen LogP contribution in [0.15, 0.2) is 42.5 Å². The van der Waals surface area contributed by atoms with Gasteiger partial charge >= 0.3 is 11.9 Å². The Hall–Kier alpha value is -2.63. The highest BCUT2D eigenvalue weighted by Crippen LogP contribution is 2.44. The molecule has 3 atom stereocenters. The lowest BCUT2D eigenvalue weighted by atomic mass is 9.77. The van der Waals surface area contributed by atoms with Crippen molar-refractivity contribution in [2.45, 2.75) is 62.8 Å². The van der Waals surface area contributed by atoms with Gasteiger partial charge < -0.3 is 14.4 Å². The van der Waals surface area contributed by atoms with Crippen molar-refractivity contribution in [3.8, 4) is 0 Å². The van der Waals surface area contributed by atoms with E-state index in [0.29, 0.717) is 19.3 Å². The van der Waals surface area contributed by atoms with E-state index in [0.717, 1.165) is 24.0 Å². The van der Waals surface area contributed by atoms with Crippen molar-refractivity contribution in [3.05, 3.63) is 48.0 Å². The molecule has 3 aliphatic rings. The Morgan fingerprint density at radius 1 is 1.26 bits per heavy atom. The van der Waals surface area contributed by atoms with Gasteiger partial charge in [-0.05, 0) is 24.8 Å². The van der Waals surface area contributed by atoms with Crippen molar-refractivity contribution in [2.75, 3.05) is 0 Å². The number of nitrogens with zero attached hydrogens (tertiary/aromatic N) is 1. The van der Waals surface area contributed by atoms with E-state index >= 15 is 0 Å². The molecule has 6 heteroatoms. The molecule has 142 valence electrons. The standard InChI is InChI=1S/C21H23NO5/c1-14-12-21(11-10-18(23)27-21)20(25)22-16(14)8-5-9-17(22)19(24)26-13-15-6-3-2-4-7-15/h2-4,6-7,16-17H,1,5,8-13H2/t16?,17-,21-/m0/s1. The van der Waals surface area contributed by atoms with Crippen LogP contribution in [0.2, 0.25) is 0 Å². The number of amides is 1. The Morgan fingerprint density at radius 2 is 2.04 bits per heavy atom. The molecule has 3 fully saturated rings. The summed E-state index contributed by atoms with van der Waals surface area (Å²) in [6.45, 7) is 4.30. The highest BCUT2D eigenvalue weighted by molar-refractivity contribution is 5.95. The van der Waals surface area contributed by atoms with Gasteiger partial charge in [0.05, 0.1) is 6.04 Å². The highest BCUT2D eigenvalue weighted by atomic mass is 16.6. The van der Waals surface area contributed by atoms with Gasteiger partial charge in [0.1, 0.15) is 12.6 Å². The summed E-state index contributed by atoms with van der Waals surface area (Å²) in [7, 11) is 0. The second kappa shape index (κ2) is 6.83. The van der Waals surface area contributed by atoms with Crippen molar-refractivity contribution >= 4 is 17.8 Å². The second-order valence-corrected chi connectivity index (χ2v) is 7.57. The number of esters is 2. The molecule has 27 heavy (non-hydrogen) atoms. The summed E-state index contributed by atoms with van der Waals surface area (Å²) in [5.41, 5.74) is 0.568. The molecule has 0 saturated carbocycles. The first-order valence-electron chi connectivity index (χ1n) is 9.43. The van der Waals surface area contributed by atoms with E-state index in [-0.39, 0.29) is 30.9 Å². The largest absolute Gasteiger partial charge is 0.459 e. The summed E-state index contributed by atoms with van der Waals surface area (Å²) in [5.74, 6) is -1.05. The molecule has 0 radical (unpaired) electrons. The first-order chi connectivity index (χ1) is 13.0. The molecule has 3 aliphatic heterocycles. The third-order valence-corrected chi connectivity index (χ3v) is 5.77. The van der Waals surface area contributed by atoms with Crippen LogP contribution in [0.4, 0.5) is 0 Å². The molecular formula is C21H23NO5. The normalized spacial score (nSPS) is 30.2. The molecule has 1 spiro atoms. The predicted octanol–water partition coefficient (Wildman–Crippen LogP) is 2.52. The summed E-state index contributed by atoms with van der Waals surface area (Å²) < 4.78 is 10.9. The Morgan fingerprint density at radius 3 is 2.74 bits per heavy atom. The van der Waals surface area contributed by atoms with Crippen LogP contribution in [0.1, 0.15) is 44.1 Å². The van der Waals surface area contributed by atoms with Crippen molar-refractivity contribution in [1.29, 1.82) is 0 Å². The maximum absolute atomic E-state index is 13.3. The minimum absolute atomic E-state index is 0.171. The van der Waals surface area contributed by atoms with E-state index in [1.54, 1.807) is 4.90 Å². The van der Waals surface area contributed by atoms with Gasteiger partial charge in [-0.3, -0.25) is 9.59 Å². The van der Waals surface area contributed by atoms with E-state index < -0.39 is 17.6 Å². The zero-order valence-corrected chi connectivity index (χ0v) is 15.2. The van der Waals surface area contributed by atoms with Crippen LogP contribution < -0.4 is 0 Å². The zero-order chi connectivity index (χ0) is 19.0. The minimum atomic E-state index is -1.18. The van der Waals surface area contributed by atoms with Gasteiger partial charge in [-0.2, -0.15) is 0 Å². The Bertz CT molecular complexity index is 789. The molecule has 0 bridgehead atoms. The molecule has 3 saturated heterocycles. The maximum Gasteiger partial charge on any atom is 0.329 e. The van der Waals surface area contributed by atoms with E-state index in [1.807, 2.05) is 30.3 Å². The lowest BCUT2D eigenvalue weighted by Gasteiger charge is -2.49. The van der Waals surface area contributed by atoms with Crippen LogP contribution >= 0.6 is 0 Å². The summed E-state index contributed by atoms with van der Waals surface area (Å²) in [4.78, 5) is 39.3. The van der Waals surface area contributed by atoms with Crippen molar-refractivity contribution in [1.82, 2.24) is 4.90 Å². The van der Waals surface area contributed by atoms with Crippen LogP contribution in [-0.2, 0) is 30.5 Å². The molecule has 1 aromatic rings. The molecule has 4 rings (SSSR count). The maximum atomic E-state index is 13.3. The van der Waals surface area contributed by atoms with Crippen LogP contribution in [-0.4, -0.2) is 40.4 Å². The number of hydrogen-bond acceptors (Lipinski definition) is 5. The third-order valence-electron chi connectivity index (χ3n) is 5.77. The molecule has 0 aliphatic carbocycles. The lowest BCUT2D eigenvalue weighted by Crippen LogP contribution is -2.64. The number of fused-ring (bicyclic) bond motifs is 1. The second-order valence-electron chi connectivity index (χ2n) is 7.57. The summed E-state index contributed by atoms with van der Waals surface area (Å²) in [6.07, 6.45) is 3.07. The first kappa shape index (κ1) is 17.8. The quantitative estimate of drug-likeness (QED) is 0.605. The van der Waals surface area contributed by atoms with Crippen LogP contribution in [0.25, 0.3) is 0 Å². The molecule has 1 aromatic carbocycles. The van der Waals surface area contributed by atoms with Crippen LogP contribution in [0, 0.1) is 0 Å². The van der Waals surface area contributed by atoms with Gasteiger partial charge in [0, 0.05) is 19.3 Å². The average Bonchev–Trinajstić information content (AvgIpc) is 3.06. The van der Waals surface area contributed by atoms with Gasteiger partial charge in [0.2, 0.25) is 0 Å². The number of carbonyl (C=O) groups excluding carboxylic acids is 3. The predicted molar refractivity (Wildman–Crippen MR) is 96.3 cm³/mol. The minimum Gasteiger partial charge on any atom is -0.459 e. The Kier molecular flexibility index (Phi) is 4.50. The number of piperidine rings is 2. The topological polar surface area (TPSA) is 72.9 Å².